The van der Waals surface area contributed by atoms with E-state index in [9.17, 15) is 8.42 Å². The molecule has 0 saturated heterocycles. The summed E-state index contributed by atoms with van der Waals surface area (Å²) in [5.74, 6) is 1.61. The van der Waals surface area contributed by atoms with Gasteiger partial charge in [0.1, 0.15) is 0 Å². The minimum atomic E-state index is -3.36. The molecule has 7 heteroatoms. The monoisotopic (exact) mass is 342 g/mol. The third kappa shape index (κ3) is 4.29. The van der Waals surface area contributed by atoms with Gasteiger partial charge in [-0.1, -0.05) is 12.1 Å². The number of aromatic nitrogens is 1. The zero-order valence-corrected chi connectivity index (χ0v) is 14.7. The maximum absolute atomic E-state index is 12.1. The van der Waals surface area contributed by atoms with Crippen LogP contribution in [0.15, 0.2) is 34.5 Å². The molecule has 1 aromatic carbocycles. The average molecular weight is 343 g/mol. The molecule has 1 aromatic heterocycles. The highest BCUT2D eigenvalue weighted by molar-refractivity contribution is 7.97. The fourth-order valence-electron chi connectivity index (χ4n) is 1.75. The number of rotatable bonds is 6. The van der Waals surface area contributed by atoms with Gasteiger partial charge in [0.2, 0.25) is 10.0 Å². The first-order chi connectivity index (χ1) is 9.89. The average Bonchev–Trinajstić information content (AvgIpc) is 2.84. The third-order valence-corrected chi connectivity index (χ3v) is 6.53. The Morgan fingerprint density at radius 1 is 1.29 bits per heavy atom. The van der Waals surface area contributed by atoms with Crippen LogP contribution in [0.3, 0.4) is 0 Å². The number of sulfonamides is 1. The topological polar surface area (TPSA) is 50.3 Å². The van der Waals surface area contributed by atoms with Gasteiger partial charge in [-0.2, -0.15) is 11.8 Å². The van der Waals surface area contributed by atoms with E-state index in [0.29, 0.717) is 4.90 Å². The van der Waals surface area contributed by atoms with Gasteiger partial charge in [0.15, 0.2) is 0 Å². The maximum Gasteiger partial charge on any atom is 0.242 e. The molecule has 114 valence electrons. The van der Waals surface area contributed by atoms with Crippen LogP contribution >= 0.6 is 23.1 Å². The number of thiazole rings is 1. The zero-order chi connectivity index (χ0) is 15.5. The Morgan fingerprint density at radius 3 is 2.67 bits per heavy atom. The first-order valence-electron chi connectivity index (χ1n) is 6.40. The molecule has 0 fully saturated rings. The normalized spacial score (nSPS) is 12.0. The van der Waals surface area contributed by atoms with E-state index in [1.54, 1.807) is 55.4 Å². The van der Waals surface area contributed by atoms with E-state index < -0.39 is 10.0 Å². The van der Waals surface area contributed by atoms with Crippen molar-refractivity contribution in [2.45, 2.75) is 23.3 Å². The van der Waals surface area contributed by atoms with Gasteiger partial charge < -0.3 is 0 Å². The van der Waals surface area contributed by atoms with Crippen molar-refractivity contribution in [3.05, 3.63) is 45.9 Å². The molecule has 21 heavy (non-hydrogen) atoms. The third-order valence-electron chi connectivity index (χ3n) is 2.86. The summed E-state index contributed by atoms with van der Waals surface area (Å²) >= 11 is 3.39. The number of thioether (sulfide) groups is 1. The number of benzene rings is 1. The molecule has 0 aliphatic heterocycles. The highest BCUT2D eigenvalue weighted by Gasteiger charge is 2.17. The van der Waals surface area contributed by atoms with Crippen molar-refractivity contribution in [2.24, 2.45) is 0 Å². The molecular weight excluding hydrogens is 324 g/mol. The summed E-state index contributed by atoms with van der Waals surface area (Å²) in [6, 6.07) is 7.12. The van der Waals surface area contributed by atoms with E-state index in [4.69, 9.17) is 0 Å². The lowest BCUT2D eigenvalue weighted by Gasteiger charge is -2.12. The van der Waals surface area contributed by atoms with Gasteiger partial charge in [0, 0.05) is 31.0 Å². The highest BCUT2D eigenvalue weighted by Crippen LogP contribution is 2.21. The summed E-state index contributed by atoms with van der Waals surface area (Å²) in [7, 11) is -0.274. The summed E-state index contributed by atoms with van der Waals surface area (Å²) in [6.45, 7) is 1.99. The summed E-state index contributed by atoms with van der Waals surface area (Å²) in [4.78, 5) is 4.76. The standard InChI is InChI=1S/C14H18N2O2S3/c1-11-15-13(10-20-11)9-19-8-12-5-4-6-14(7-12)21(17,18)16(2)3/h4-7,10H,8-9H2,1-3H3. The molecule has 0 bridgehead atoms. The van der Waals surface area contributed by atoms with E-state index in [-0.39, 0.29) is 0 Å². The van der Waals surface area contributed by atoms with E-state index in [1.165, 1.54) is 4.31 Å². The first-order valence-corrected chi connectivity index (χ1v) is 9.87. The second-order valence-corrected chi connectivity index (χ2v) is 8.99. The second kappa shape index (κ2) is 6.91. The van der Waals surface area contributed by atoms with Crippen LogP contribution in [0, 0.1) is 6.92 Å². The molecular formula is C14H18N2O2S3. The van der Waals surface area contributed by atoms with Crippen LogP contribution in [0.25, 0.3) is 0 Å². The molecule has 0 spiro atoms. The predicted octanol–water partition coefficient (Wildman–Crippen LogP) is 3.14. The SMILES string of the molecule is Cc1nc(CSCc2cccc(S(=O)(=O)N(C)C)c2)cs1. The lowest BCUT2D eigenvalue weighted by atomic mass is 10.2. The molecule has 1 heterocycles. The quantitative estimate of drug-likeness (QED) is 0.809. The van der Waals surface area contributed by atoms with Gasteiger partial charge in [-0.15, -0.1) is 11.3 Å². The molecule has 0 saturated carbocycles. The largest absolute Gasteiger partial charge is 0.246 e. The van der Waals surface area contributed by atoms with Crippen LogP contribution in [-0.2, 0) is 21.5 Å². The van der Waals surface area contributed by atoms with Crippen molar-refractivity contribution in [1.29, 1.82) is 0 Å². The Labute approximate surface area is 134 Å². The summed E-state index contributed by atoms with van der Waals surface area (Å²) in [5, 5.41) is 3.14. The van der Waals surface area contributed by atoms with Crippen molar-refractivity contribution >= 4 is 33.1 Å². The molecule has 4 nitrogen and oxygen atoms in total. The lowest BCUT2D eigenvalue weighted by Crippen LogP contribution is -2.22. The van der Waals surface area contributed by atoms with Gasteiger partial charge in [0.05, 0.1) is 15.6 Å². The van der Waals surface area contributed by atoms with Crippen molar-refractivity contribution in [3.63, 3.8) is 0 Å². The van der Waals surface area contributed by atoms with E-state index in [0.717, 1.165) is 27.8 Å². The van der Waals surface area contributed by atoms with Crippen LogP contribution in [0.1, 0.15) is 16.3 Å². The van der Waals surface area contributed by atoms with Crippen LogP contribution in [0.2, 0.25) is 0 Å². The van der Waals surface area contributed by atoms with Crippen molar-refractivity contribution < 1.29 is 8.42 Å². The minimum absolute atomic E-state index is 0.343. The van der Waals surface area contributed by atoms with E-state index >= 15 is 0 Å². The molecule has 2 aromatic rings. The highest BCUT2D eigenvalue weighted by atomic mass is 32.2. The van der Waals surface area contributed by atoms with Gasteiger partial charge in [-0.3, -0.25) is 0 Å². The molecule has 0 unspecified atom stereocenters. The molecule has 0 radical (unpaired) electrons. The molecule has 0 aliphatic carbocycles. The van der Waals surface area contributed by atoms with Gasteiger partial charge in [0.25, 0.3) is 0 Å². The second-order valence-electron chi connectivity index (χ2n) is 4.79. The zero-order valence-electron chi connectivity index (χ0n) is 12.2. The maximum atomic E-state index is 12.1. The van der Waals surface area contributed by atoms with E-state index in [1.807, 2.05) is 13.0 Å². The number of hydrogen-bond acceptors (Lipinski definition) is 5. The van der Waals surface area contributed by atoms with Crippen molar-refractivity contribution in [2.75, 3.05) is 14.1 Å². The fourth-order valence-corrected chi connectivity index (χ4v) is 4.32. The molecule has 0 atom stereocenters. The number of nitrogens with zero attached hydrogens (tertiary/aromatic N) is 2. The van der Waals surface area contributed by atoms with Crippen LogP contribution in [-0.4, -0.2) is 31.8 Å². The van der Waals surface area contributed by atoms with Gasteiger partial charge in [-0.25, -0.2) is 17.7 Å². The minimum Gasteiger partial charge on any atom is -0.246 e. The first kappa shape index (κ1) is 16.5. The smallest absolute Gasteiger partial charge is 0.242 e. The lowest BCUT2D eigenvalue weighted by molar-refractivity contribution is 0.520. The summed E-state index contributed by atoms with van der Waals surface area (Å²) in [5.41, 5.74) is 2.09. The van der Waals surface area contributed by atoms with Gasteiger partial charge in [-0.05, 0) is 24.6 Å². The Hall–Kier alpha value is -0.890. The van der Waals surface area contributed by atoms with Crippen LogP contribution < -0.4 is 0 Å². The Balaban J connectivity index is 2.01. The predicted molar refractivity (Wildman–Crippen MR) is 89.2 cm³/mol. The Morgan fingerprint density at radius 2 is 2.05 bits per heavy atom. The molecule has 2 rings (SSSR count). The van der Waals surface area contributed by atoms with Crippen LogP contribution in [0.5, 0.6) is 0 Å². The van der Waals surface area contributed by atoms with Gasteiger partial charge >= 0.3 is 0 Å². The fraction of sp³-hybridized carbons (Fsp3) is 0.357. The molecule has 0 N–H and O–H groups in total. The molecule has 0 amide bonds. The Bertz CT molecular complexity index is 709. The Kier molecular flexibility index (Phi) is 5.43. The van der Waals surface area contributed by atoms with E-state index in [2.05, 4.69) is 10.4 Å². The summed E-state index contributed by atoms with van der Waals surface area (Å²) < 4.78 is 25.4. The summed E-state index contributed by atoms with van der Waals surface area (Å²) in [6.07, 6.45) is 0. The number of hydrogen-bond donors (Lipinski definition) is 0. The number of aryl methyl sites for hydroxylation is 1. The molecule has 0 aliphatic rings. The van der Waals surface area contributed by atoms with Crippen molar-refractivity contribution in [3.8, 4) is 0 Å². The van der Waals surface area contributed by atoms with Crippen LogP contribution in [0.4, 0.5) is 0 Å². The van der Waals surface area contributed by atoms with Crippen molar-refractivity contribution in [1.82, 2.24) is 9.29 Å².